The maximum absolute atomic E-state index is 11.3. The molecule has 0 bridgehead atoms. The largest absolute Gasteiger partial charge is 0.481 e. The van der Waals surface area contributed by atoms with E-state index in [1.54, 1.807) is 11.9 Å². The molecule has 1 aliphatic heterocycles. The van der Waals surface area contributed by atoms with E-state index in [9.17, 15) is 9.59 Å². The van der Waals surface area contributed by atoms with Gasteiger partial charge in [-0.3, -0.25) is 14.6 Å². The minimum atomic E-state index is -0.837. The van der Waals surface area contributed by atoms with Gasteiger partial charge in [-0.15, -0.1) is 0 Å². The molecule has 8 nitrogen and oxygen atoms in total. The normalized spacial score (nSPS) is 17.5. The number of rotatable bonds is 9. The fourth-order valence-corrected chi connectivity index (χ4v) is 3.48. The van der Waals surface area contributed by atoms with E-state index in [4.69, 9.17) is 14.6 Å². The number of benzene rings is 1. The van der Waals surface area contributed by atoms with Crippen LogP contribution in [0.15, 0.2) is 12.1 Å². The summed E-state index contributed by atoms with van der Waals surface area (Å²) in [6.07, 6.45) is -0.0112. The van der Waals surface area contributed by atoms with E-state index in [1.807, 2.05) is 13.8 Å². The van der Waals surface area contributed by atoms with Gasteiger partial charge in [0.05, 0.1) is 26.4 Å². The van der Waals surface area contributed by atoms with Crippen molar-refractivity contribution >= 4 is 11.9 Å². The van der Waals surface area contributed by atoms with E-state index >= 15 is 0 Å². The number of carbonyl (C=O) groups excluding carboxylic acids is 1. The molecule has 0 saturated carbocycles. The number of nitrogens with zero attached hydrogens (tertiary/aromatic N) is 2. The molecule has 1 saturated heterocycles. The minimum absolute atomic E-state index is 0.00524. The van der Waals surface area contributed by atoms with Crippen LogP contribution in [0.25, 0.3) is 0 Å². The summed E-state index contributed by atoms with van der Waals surface area (Å²) in [6.45, 7) is 7.41. The van der Waals surface area contributed by atoms with Gasteiger partial charge in [0.1, 0.15) is 5.75 Å². The number of methoxy groups -OCH3 is 1. The van der Waals surface area contributed by atoms with E-state index in [2.05, 4.69) is 21.8 Å². The molecule has 1 unspecified atom stereocenters. The number of esters is 1. The Kier molecular flexibility index (Phi) is 8.22. The molecule has 0 radical (unpaired) electrons. The highest BCUT2D eigenvalue weighted by atomic mass is 16.6. The Morgan fingerprint density at radius 2 is 2.00 bits per heavy atom. The van der Waals surface area contributed by atoms with Crippen LogP contribution in [-0.4, -0.2) is 86.5 Å². The third kappa shape index (κ3) is 6.78. The number of likely N-dealkylation sites (N-methyl/N-ethyl adjacent to an activating group) is 1. The Morgan fingerprint density at radius 3 is 2.61 bits per heavy atom. The summed E-state index contributed by atoms with van der Waals surface area (Å²) in [5, 5.41) is 8.89. The van der Waals surface area contributed by atoms with Gasteiger partial charge in [-0.05, 0) is 37.6 Å². The molecular formula is C20H30N2O6. The molecule has 1 heterocycles. The first-order valence-corrected chi connectivity index (χ1v) is 9.32. The van der Waals surface area contributed by atoms with E-state index < -0.39 is 11.9 Å². The molecule has 28 heavy (non-hydrogen) atoms. The van der Waals surface area contributed by atoms with Crippen LogP contribution in [0.3, 0.4) is 0 Å². The van der Waals surface area contributed by atoms with E-state index in [0.29, 0.717) is 18.9 Å². The van der Waals surface area contributed by atoms with Crippen LogP contribution in [0.4, 0.5) is 0 Å². The molecule has 8 heteroatoms. The number of carboxylic acid groups (broad SMARTS) is 1. The second-order valence-electron chi connectivity index (χ2n) is 7.24. The number of hydrogen-bond donors (Lipinski definition) is 1. The summed E-state index contributed by atoms with van der Waals surface area (Å²) in [7, 11) is 3.12. The van der Waals surface area contributed by atoms with Crippen LogP contribution in [0.2, 0.25) is 0 Å². The number of carbonyl (C=O) groups is 2. The van der Waals surface area contributed by atoms with Gasteiger partial charge >= 0.3 is 11.9 Å². The quantitative estimate of drug-likeness (QED) is 0.623. The van der Waals surface area contributed by atoms with Gasteiger partial charge in [0.2, 0.25) is 0 Å². The highest BCUT2D eigenvalue weighted by Gasteiger charge is 2.23. The minimum Gasteiger partial charge on any atom is -0.481 e. The van der Waals surface area contributed by atoms with Gasteiger partial charge in [0.25, 0.3) is 0 Å². The Bertz CT molecular complexity index is 670. The van der Waals surface area contributed by atoms with E-state index in [0.717, 1.165) is 30.8 Å². The Balaban J connectivity index is 1.95. The van der Waals surface area contributed by atoms with Crippen molar-refractivity contribution in [2.75, 3.05) is 53.6 Å². The molecule has 1 atom stereocenters. The molecule has 1 fully saturated rings. The zero-order chi connectivity index (χ0) is 20.7. The van der Waals surface area contributed by atoms with Crippen molar-refractivity contribution < 1.29 is 28.9 Å². The van der Waals surface area contributed by atoms with Crippen LogP contribution >= 0.6 is 0 Å². The Hall–Kier alpha value is -2.16. The van der Waals surface area contributed by atoms with Crippen molar-refractivity contribution in [1.29, 1.82) is 0 Å². The number of aliphatic carboxylic acids is 1. The van der Waals surface area contributed by atoms with Gasteiger partial charge in [-0.1, -0.05) is 12.1 Å². The molecule has 156 valence electrons. The summed E-state index contributed by atoms with van der Waals surface area (Å²) in [4.78, 5) is 26.2. The Labute approximate surface area is 166 Å². The number of morpholine rings is 1. The first-order chi connectivity index (χ1) is 13.3. The topological polar surface area (TPSA) is 88.5 Å². The summed E-state index contributed by atoms with van der Waals surface area (Å²) in [6, 6.07) is 4.14. The molecular weight excluding hydrogens is 364 g/mol. The van der Waals surface area contributed by atoms with E-state index in [-0.39, 0.29) is 19.3 Å². The van der Waals surface area contributed by atoms with Crippen LogP contribution < -0.4 is 4.74 Å². The van der Waals surface area contributed by atoms with Crippen LogP contribution in [0, 0.1) is 13.8 Å². The average molecular weight is 394 g/mol. The molecule has 2 rings (SSSR count). The lowest BCUT2D eigenvalue weighted by Crippen LogP contribution is -2.47. The first kappa shape index (κ1) is 22.1. The van der Waals surface area contributed by atoms with E-state index in [1.165, 1.54) is 12.7 Å². The van der Waals surface area contributed by atoms with Crippen LogP contribution in [0.1, 0.15) is 16.7 Å². The summed E-state index contributed by atoms with van der Waals surface area (Å²) >= 11 is 0. The standard InChI is InChI=1S/C20H30N2O6/c1-14-7-16(8-15(2)20(14)28-13-19(25)26-4)9-22-5-6-27-17(11-22)10-21(3)12-18(23)24/h7-8,17H,5-6,9-13H2,1-4H3,(H,23,24). The fourth-order valence-electron chi connectivity index (χ4n) is 3.48. The van der Waals surface area contributed by atoms with Gasteiger partial charge in [0.15, 0.2) is 6.61 Å². The number of ether oxygens (including phenoxy) is 3. The third-order valence-electron chi connectivity index (χ3n) is 4.63. The van der Waals surface area contributed by atoms with Crippen molar-refractivity contribution in [3.63, 3.8) is 0 Å². The molecule has 1 aliphatic rings. The Morgan fingerprint density at radius 1 is 1.32 bits per heavy atom. The summed E-state index contributed by atoms with van der Waals surface area (Å²) in [5.41, 5.74) is 3.12. The zero-order valence-corrected chi connectivity index (χ0v) is 17.1. The van der Waals surface area contributed by atoms with Gasteiger partial charge < -0.3 is 19.3 Å². The zero-order valence-electron chi connectivity index (χ0n) is 17.1. The highest BCUT2D eigenvalue weighted by molar-refractivity contribution is 5.71. The van der Waals surface area contributed by atoms with Crippen LogP contribution in [-0.2, 0) is 25.6 Å². The maximum Gasteiger partial charge on any atom is 0.343 e. The maximum atomic E-state index is 11.3. The van der Waals surface area contributed by atoms with Crippen LogP contribution in [0.5, 0.6) is 5.75 Å². The van der Waals surface area contributed by atoms with Crippen molar-refractivity contribution in [2.24, 2.45) is 0 Å². The second-order valence-corrected chi connectivity index (χ2v) is 7.24. The molecule has 1 N–H and O–H groups in total. The predicted octanol–water partition coefficient (Wildman–Crippen LogP) is 1.07. The lowest BCUT2D eigenvalue weighted by molar-refractivity contribution is -0.143. The average Bonchev–Trinajstić information content (AvgIpc) is 2.60. The van der Waals surface area contributed by atoms with Crippen molar-refractivity contribution in [2.45, 2.75) is 26.5 Å². The van der Waals surface area contributed by atoms with Crippen molar-refractivity contribution in [3.8, 4) is 5.75 Å². The number of aryl methyl sites for hydroxylation is 2. The highest BCUT2D eigenvalue weighted by Crippen LogP contribution is 2.26. The van der Waals surface area contributed by atoms with Gasteiger partial charge in [0, 0.05) is 26.2 Å². The molecule has 1 aromatic rings. The number of carboxylic acids is 1. The second kappa shape index (κ2) is 10.4. The van der Waals surface area contributed by atoms with Crippen molar-refractivity contribution in [1.82, 2.24) is 9.80 Å². The summed E-state index contributed by atoms with van der Waals surface area (Å²) < 4.78 is 16.0. The SMILES string of the molecule is COC(=O)COc1c(C)cc(CN2CCOC(CN(C)CC(=O)O)C2)cc1C. The molecule has 0 aliphatic carbocycles. The monoisotopic (exact) mass is 394 g/mol. The number of hydrogen-bond acceptors (Lipinski definition) is 7. The summed E-state index contributed by atoms with van der Waals surface area (Å²) in [5.74, 6) is -0.532. The van der Waals surface area contributed by atoms with Gasteiger partial charge in [-0.25, -0.2) is 4.79 Å². The molecule has 0 spiro atoms. The first-order valence-electron chi connectivity index (χ1n) is 9.32. The lowest BCUT2D eigenvalue weighted by Gasteiger charge is -2.34. The smallest absolute Gasteiger partial charge is 0.343 e. The molecule has 0 aromatic heterocycles. The lowest BCUT2D eigenvalue weighted by atomic mass is 10.0. The fraction of sp³-hybridized carbons (Fsp3) is 0.600. The molecule has 0 amide bonds. The van der Waals surface area contributed by atoms with Gasteiger partial charge in [-0.2, -0.15) is 0 Å². The molecule has 1 aromatic carbocycles. The van der Waals surface area contributed by atoms with Crippen molar-refractivity contribution in [3.05, 3.63) is 28.8 Å². The third-order valence-corrected chi connectivity index (χ3v) is 4.63. The predicted molar refractivity (Wildman–Crippen MR) is 104 cm³/mol.